The van der Waals surface area contributed by atoms with E-state index in [9.17, 15) is 5.11 Å². The normalized spacial score (nSPS) is 12.3. The summed E-state index contributed by atoms with van der Waals surface area (Å²) >= 11 is 0. The van der Waals surface area contributed by atoms with Gasteiger partial charge in [-0.3, -0.25) is 0 Å². The fourth-order valence-electron chi connectivity index (χ4n) is 2.42. The number of nitrogens with one attached hydrogen (secondary N) is 1. The number of benzene rings is 2. The summed E-state index contributed by atoms with van der Waals surface area (Å²) in [7, 11) is 0. The third-order valence-electron chi connectivity index (χ3n) is 3.59. The molecule has 3 aromatic rings. The van der Waals surface area contributed by atoms with E-state index in [1.54, 1.807) is 6.07 Å². The Morgan fingerprint density at radius 3 is 2.70 bits per heavy atom. The van der Waals surface area contributed by atoms with Crippen molar-refractivity contribution in [3.05, 3.63) is 48.0 Å². The topological polar surface area (TPSA) is 84.1 Å². The highest BCUT2D eigenvalue weighted by Gasteiger charge is 2.12. The summed E-state index contributed by atoms with van der Waals surface area (Å²) in [5.41, 5.74) is 8.26. The Morgan fingerprint density at radius 2 is 1.96 bits per heavy atom. The number of anilines is 1. The zero-order chi connectivity index (χ0) is 16.4. The SMILES string of the molecule is Cc1ccc(-c2nc(NCC(C)N)c3ccccc3n2)c(O)c1. The molecule has 1 heterocycles. The average molecular weight is 308 g/mol. The molecule has 118 valence electrons. The minimum Gasteiger partial charge on any atom is -0.507 e. The monoisotopic (exact) mass is 308 g/mol. The second kappa shape index (κ2) is 6.22. The maximum absolute atomic E-state index is 10.2. The van der Waals surface area contributed by atoms with E-state index in [2.05, 4.69) is 15.3 Å². The van der Waals surface area contributed by atoms with Gasteiger partial charge in [0.1, 0.15) is 11.6 Å². The first kappa shape index (κ1) is 15.2. The Bertz CT molecular complexity index is 846. The number of aromatic hydroxyl groups is 1. The van der Waals surface area contributed by atoms with Crippen LogP contribution in [-0.2, 0) is 0 Å². The lowest BCUT2D eigenvalue weighted by Crippen LogP contribution is -2.25. The third kappa shape index (κ3) is 3.24. The van der Waals surface area contributed by atoms with Gasteiger partial charge in [0.05, 0.1) is 11.1 Å². The summed E-state index contributed by atoms with van der Waals surface area (Å²) in [5.74, 6) is 1.40. The van der Waals surface area contributed by atoms with Crippen LogP contribution >= 0.6 is 0 Å². The van der Waals surface area contributed by atoms with E-state index in [-0.39, 0.29) is 11.8 Å². The second-order valence-electron chi connectivity index (χ2n) is 5.79. The highest BCUT2D eigenvalue weighted by atomic mass is 16.3. The van der Waals surface area contributed by atoms with Crippen LogP contribution in [0.2, 0.25) is 0 Å². The zero-order valence-corrected chi connectivity index (χ0v) is 13.2. The minimum atomic E-state index is 0.0138. The van der Waals surface area contributed by atoms with Gasteiger partial charge in [-0.15, -0.1) is 0 Å². The maximum Gasteiger partial charge on any atom is 0.165 e. The van der Waals surface area contributed by atoms with Crippen molar-refractivity contribution in [3.8, 4) is 17.1 Å². The average Bonchev–Trinajstić information content (AvgIpc) is 2.52. The van der Waals surface area contributed by atoms with Gasteiger partial charge in [-0.2, -0.15) is 0 Å². The van der Waals surface area contributed by atoms with Crippen LogP contribution < -0.4 is 11.1 Å². The molecule has 4 N–H and O–H groups in total. The molecule has 0 fully saturated rings. The van der Waals surface area contributed by atoms with Crippen LogP contribution in [0.4, 0.5) is 5.82 Å². The Morgan fingerprint density at radius 1 is 1.17 bits per heavy atom. The van der Waals surface area contributed by atoms with Crippen LogP contribution in [0.25, 0.3) is 22.3 Å². The van der Waals surface area contributed by atoms with Gasteiger partial charge < -0.3 is 16.2 Å². The van der Waals surface area contributed by atoms with Crippen LogP contribution in [0, 0.1) is 6.92 Å². The van der Waals surface area contributed by atoms with Crippen molar-refractivity contribution >= 4 is 16.7 Å². The van der Waals surface area contributed by atoms with E-state index in [0.29, 0.717) is 17.9 Å². The first-order chi connectivity index (χ1) is 11.0. The summed E-state index contributed by atoms with van der Waals surface area (Å²) in [6.07, 6.45) is 0. The van der Waals surface area contributed by atoms with Crippen molar-refractivity contribution in [2.45, 2.75) is 19.9 Å². The number of para-hydroxylation sites is 1. The molecular formula is C18H20N4O. The molecule has 0 saturated heterocycles. The zero-order valence-electron chi connectivity index (χ0n) is 13.2. The van der Waals surface area contributed by atoms with Crippen LogP contribution in [-0.4, -0.2) is 27.7 Å². The number of rotatable bonds is 4. The molecule has 0 amide bonds. The van der Waals surface area contributed by atoms with Crippen molar-refractivity contribution in [2.75, 3.05) is 11.9 Å². The molecule has 1 aromatic heterocycles. The number of fused-ring (bicyclic) bond motifs is 1. The van der Waals surface area contributed by atoms with Crippen molar-refractivity contribution in [1.29, 1.82) is 0 Å². The molecule has 0 aliphatic carbocycles. The molecule has 5 nitrogen and oxygen atoms in total. The van der Waals surface area contributed by atoms with Crippen molar-refractivity contribution < 1.29 is 5.11 Å². The Labute approximate surface area is 135 Å². The third-order valence-corrected chi connectivity index (χ3v) is 3.59. The molecule has 3 rings (SSSR count). The highest BCUT2D eigenvalue weighted by Crippen LogP contribution is 2.30. The van der Waals surface area contributed by atoms with Gasteiger partial charge in [0.2, 0.25) is 0 Å². The van der Waals surface area contributed by atoms with Gasteiger partial charge >= 0.3 is 0 Å². The first-order valence-electron chi connectivity index (χ1n) is 7.61. The smallest absolute Gasteiger partial charge is 0.165 e. The van der Waals surface area contributed by atoms with E-state index in [1.165, 1.54) is 0 Å². The van der Waals surface area contributed by atoms with Gasteiger partial charge in [-0.05, 0) is 43.7 Å². The number of hydrogen-bond acceptors (Lipinski definition) is 5. The fraction of sp³-hybridized carbons (Fsp3) is 0.222. The number of aromatic nitrogens is 2. The second-order valence-corrected chi connectivity index (χ2v) is 5.79. The summed E-state index contributed by atoms with van der Waals surface area (Å²) < 4.78 is 0. The quantitative estimate of drug-likeness (QED) is 0.690. The Balaban J connectivity index is 2.14. The number of aryl methyl sites for hydroxylation is 1. The van der Waals surface area contributed by atoms with E-state index in [4.69, 9.17) is 5.73 Å². The van der Waals surface area contributed by atoms with Gasteiger partial charge in [-0.1, -0.05) is 18.2 Å². The molecule has 0 bridgehead atoms. The van der Waals surface area contributed by atoms with Gasteiger partial charge in [0.25, 0.3) is 0 Å². The number of hydrogen-bond donors (Lipinski definition) is 3. The van der Waals surface area contributed by atoms with Crippen molar-refractivity contribution in [1.82, 2.24) is 9.97 Å². The van der Waals surface area contributed by atoms with Crippen LogP contribution in [0.1, 0.15) is 12.5 Å². The summed E-state index contributed by atoms with van der Waals surface area (Å²) in [4.78, 5) is 9.18. The minimum absolute atomic E-state index is 0.0138. The largest absolute Gasteiger partial charge is 0.507 e. The van der Waals surface area contributed by atoms with Crippen molar-refractivity contribution in [3.63, 3.8) is 0 Å². The maximum atomic E-state index is 10.2. The molecule has 1 atom stereocenters. The molecule has 0 saturated carbocycles. The molecule has 23 heavy (non-hydrogen) atoms. The Hall–Kier alpha value is -2.66. The molecule has 5 heteroatoms. The van der Waals surface area contributed by atoms with Gasteiger partial charge in [0, 0.05) is 18.0 Å². The summed E-state index contributed by atoms with van der Waals surface area (Å²) in [6.45, 7) is 4.48. The molecule has 0 radical (unpaired) electrons. The van der Waals surface area contributed by atoms with Crippen LogP contribution in [0.3, 0.4) is 0 Å². The van der Waals surface area contributed by atoms with Crippen molar-refractivity contribution in [2.24, 2.45) is 5.73 Å². The standard InChI is InChI=1S/C18H20N4O/c1-11-7-8-14(16(23)9-11)18-21-15-6-4-3-5-13(15)17(22-18)20-10-12(2)19/h3-9,12,23H,10,19H2,1-2H3,(H,20,21,22). The van der Waals surface area contributed by atoms with Crippen LogP contribution in [0.15, 0.2) is 42.5 Å². The predicted molar refractivity (Wildman–Crippen MR) is 93.5 cm³/mol. The lowest BCUT2D eigenvalue weighted by Gasteiger charge is -2.13. The Kier molecular flexibility index (Phi) is 4.12. The molecular weight excluding hydrogens is 288 g/mol. The summed E-state index contributed by atoms with van der Waals surface area (Å²) in [5, 5.41) is 14.4. The summed E-state index contributed by atoms with van der Waals surface area (Å²) in [6, 6.07) is 13.3. The van der Waals surface area contributed by atoms with E-state index < -0.39 is 0 Å². The first-order valence-corrected chi connectivity index (χ1v) is 7.61. The lowest BCUT2D eigenvalue weighted by molar-refractivity contribution is 0.476. The highest BCUT2D eigenvalue weighted by molar-refractivity contribution is 5.90. The number of phenolic OH excluding ortho intramolecular Hbond substituents is 1. The van der Waals surface area contributed by atoms with Gasteiger partial charge in [-0.25, -0.2) is 9.97 Å². The number of nitrogens with zero attached hydrogens (tertiary/aromatic N) is 2. The number of nitrogens with two attached hydrogens (primary N) is 1. The van der Waals surface area contributed by atoms with Gasteiger partial charge in [0.15, 0.2) is 5.82 Å². The van der Waals surface area contributed by atoms with E-state index >= 15 is 0 Å². The molecule has 0 spiro atoms. The van der Waals surface area contributed by atoms with Crippen LogP contribution in [0.5, 0.6) is 5.75 Å². The van der Waals surface area contributed by atoms with E-state index in [1.807, 2.05) is 50.2 Å². The predicted octanol–water partition coefficient (Wildman–Crippen LogP) is 3.07. The molecule has 1 unspecified atom stereocenters. The lowest BCUT2D eigenvalue weighted by atomic mass is 10.1. The molecule has 0 aliphatic heterocycles. The van der Waals surface area contributed by atoms with E-state index in [0.717, 1.165) is 22.3 Å². The molecule has 0 aliphatic rings. The fourth-order valence-corrected chi connectivity index (χ4v) is 2.42. The molecule has 2 aromatic carbocycles. The number of phenols is 1.